The van der Waals surface area contributed by atoms with Gasteiger partial charge in [0, 0.05) is 30.6 Å². The Bertz CT molecular complexity index is 1210. The van der Waals surface area contributed by atoms with Gasteiger partial charge >= 0.3 is 0 Å². The lowest BCUT2D eigenvalue weighted by Gasteiger charge is -2.10. The molecule has 0 spiro atoms. The van der Waals surface area contributed by atoms with Crippen LogP contribution in [-0.2, 0) is 24.3 Å². The maximum Gasteiger partial charge on any atom is 0.224 e. The number of hydrogen-bond acceptors (Lipinski definition) is 6. The zero-order valence-electron chi connectivity index (χ0n) is 18.5. The zero-order valence-corrected chi connectivity index (χ0v) is 18.5. The van der Waals surface area contributed by atoms with Crippen molar-refractivity contribution in [3.63, 3.8) is 0 Å². The van der Waals surface area contributed by atoms with Crippen LogP contribution in [-0.4, -0.2) is 40.9 Å². The highest BCUT2D eigenvalue weighted by Gasteiger charge is 2.15. The summed E-state index contributed by atoms with van der Waals surface area (Å²) in [5, 5.41) is 24.3. The van der Waals surface area contributed by atoms with Gasteiger partial charge in [-0.15, -0.1) is 20.4 Å². The van der Waals surface area contributed by atoms with E-state index in [0.717, 1.165) is 34.0 Å². The first-order chi connectivity index (χ1) is 15.5. The molecule has 0 unspecified atom stereocenters. The second kappa shape index (κ2) is 9.51. The lowest BCUT2D eigenvalue weighted by Crippen LogP contribution is -2.16. The summed E-state index contributed by atoms with van der Waals surface area (Å²) in [7, 11) is 0. The van der Waals surface area contributed by atoms with E-state index in [2.05, 4.69) is 30.9 Å². The number of aryl methyl sites for hydroxylation is 2. The largest absolute Gasteiger partial charge is 0.326 e. The van der Waals surface area contributed by atoms with Crippen molar-refractivity contribution >= 4 is 11.6 Å². The molecule has 4 rings (SSSR count). The highest BCUT2D eigenvalue weighted by Crippen LogP contribution is 2.18. The Morgan fingerprint density at radius 3 is 2.53 bits per heavy atom. The molecule has 32 heavy (non-hydrogen) atoms. The third-order valence-corrected chi connectivity index (χ3v) is 5.44. The molecule has 1 amide bonds. The molecule has 0 radical (unpaired) electrons. The number of hydrogen-bond donors (Lipinski definition) is 1. The second-order valence-electron chi connectivity index (χ2n) is 7.58. The van der Waals surface area contributed by atoms with Gasteiger partial charge in [-0.1, -0.05) is 42.5 Å². The Hall–Kier alpha value is -3.88. The van der Waals surface area contributed by atoms with Crippen molar-refractivity contribution in [1.29, 1.82) is 0 Å². The van der Waals surface area contributed by atoms with Gasteiger partial charge in [0.05, 0.1) is 0 Å². The summed E-state index contributed by atoms with van der Waals surface area (Å²) in [6.45, 7) is 7.11. The lowest BCUT2D eigenvalue weighted by molar-refractivity contribution is -0.116. The van der Waals surface area contributed by atoms with E-state index in [0.29, 0.717) is 31.8 Å². The van der Waals surface area contributed by atoms with Crippen LogP contribution in [0.1, 0.15) is 36.1 Å². The fourth-order valence-electron chi connectivity index (χ4n) is 3.50. The molecule has 2 aromatic carbocycles. The standard InChI is InChI=1S/C23H26N8O/c1-4-30-20(13-14-22(32)24-19-12-8-9-16(2)17(19)3)25-26-21(30)15-31-28-23(27-29-31)18-10-6-5-7-11-18/h5-12H,4,13-15H2,1-3H3,(H,24,32). The molecule has 0 saturated heterocycles. The number of rotatable bonds is 8. The van der Waals surface area contributed by atoms with Crippen LogP contribution >= 0.6 is 0 Å². The number of nitrogens with zero attached hydrogens (tertiary/aromatic N) is 7. The first-order valence-electron chi connectivity index (χ1n) is 10.7. The smallest absolute Gasteiger partial charge is 0.224 e. The number of carbonyl (C=O) groups excluding carboxylic acids is 1. The van der Waals surface area contributed by atoms with Gasteiger partial charge in [0.1, 0.15) is 12.4 Å². The number of anilines is 1. The average Bonchev–Trinajstić information content (AvgIpc) is 3.43. The molecular weight excluding hydrogens is 404 g/mol. The Labute approximate surface area is 186 Å². The quantitative estimate of drug-likeness (QED) is 0.460. The lowest BCUT2D eigenvalue weighted by atomic mass is 10.1. The molecule has 0 fully saturated rings. The molecule has 0 bridgehead atoms. The zero-order chi connectivity index (χ0) is 22.5. The van der Waals surface area contributed by atoms with Crippen LogP contribution in [0.4, 0.5) is 5.69 Å². The van der Waals surface area contributed by atoms with E-state index >= 15 is 0 Å². The topological polar surface area (TPSA) is 103 Å². The monoisotopic (exact) mass is 430 g/mol. The molecule has 4 aromatic rings. The summed E-state index contributed by atoms with van der Waals surface area (Å²) in [4.78, 5) is 14.0. The van der Waals surface area contributed by atoms with Crippen molar-refractivity contribution in [3.05, 3.63) is 71.3 Å². The SMILES string of the molecule is CCn1c(CCC(=O)Nc2cccc(C)c2C)nnc1Cn1nnc(-c2ccccc2)n1. The third-order valence-electron chi connectivity index (χ3n) is 5.44. The molecule has 2 aromatic heterocycles. The van der Waals surface area contributed by atoms with Gasteiger partial charge in [-0.2, -0.15) is 4.80 Å². The maximum absolute atomic E-state index is 12.5. The Kier molecular flexibility index (Phi) is 6.34. The van der Waals surface area contributed by atoms with Gasteiger partial charge in [-0.3, -0.25) is 4.79 Å². The predicted octanol–water partition coefficient (Wildman–Crippen LogP) is 3.19. The van der Waals surface area contributed by atoms with Crippen LogP contribution < -0.4 is 5.32 Å². The van der Waals surface area contributed by atoms with Gasteiger partial charge in [0.15, 0.2) is 5.82 Å². The Balaban J connectivity index is 1.40. The van der Waals surface area contributed by atoms with Gasteiger partial charge in [0.2, 0.25) is 11.7 Å². The highest BCUT2D eigenvalue weighted by molar-refractivity contribution is 5.91. The third kappa shape index (κ3) is 4.72. The van der Waals surface area contributed by atoms with Crippen LogP contribution in [0, 0.1) is 13.8 Å². The minimum atomic E-state index is -0.0450. The molecular formula is C23H26N8O. The molecule has 2 heterocycles. The maximum atomic E-state index is 12.5. The van der Waals surface area contributed by atoms with Crippen LogP contribution in [0.25, 0.3) is 11.4 Å². The Morgan fingerprint density at radius 2 is 1.75 bits per heavy atom. The van der Waals surface area contributed by atoms with E-state index in [-0.39, 0.29) is 5.91 Å². The molecule has 0 saturated carbocycles. The van der Waals surface area contributed by atoms with E-state index in [1.54, 1.807) is 0 Å². The summed E-state index contributed by atoms with van der Waals surface area (Å²) >= 11 is 0. The van der Waals surface area contributed by atoms with E-state index in [1.165, 1.54) is 4.80 Å². The van der Waals surface area contributed by atoms with Crippen molar-refractivity contribution in [1.82, 2.24) is 35.0 Å². The van der Waals surface area contributed by atoms with Crippen molar-refractivity contribution in [3.8, 4) is 11.4 Å². The van der Waals surface area contributed by atoms with Gasteiger partial charge in [-0.05, 0) is 43.2 Å². The normalized spacial score (nSPS) is 11.0. The predicted molar refractivity (Wildman–Crippen MR) is 121 cm³/mol. The van der Waals surface area contributed by atoms with Crippen molar-refractivity contribution in [2.45, 2.75) is 46.7 Å². The van der Waals surface area contributed by atoms with Crippen molar-refractivity contribution < 1.29 is 4.79 Å². The molecule has 0 atom stereocenters. The average molecular weight is 431 g/mol. The first kappa shape index (κ1) is 21.4. The van der Waals surface area contributed by atoms with Crippen LogP contribution in [0.15, 0.2) is 48.5 Å². The summed E-state index contributed by atoms with van der Waals surface area (Å²) in [5.74, 6) is 2.02. The number of carbonyl (C=O) groups is 1. The molecule has 0 aliphatic rings. The minimum absolute atomic E-state index is 0.0450. The summed E-state index contributed by atoms with van der Waals surface area (Å²) in [5.41, 5.74) is 3.98. The van der Waals surface area contributed by atoms with Gasteiger partial charge < -0.3 is 9.88 Å². The van der Waals surface area contributed by atoms with Crippen LogP contribution in [0.2, 0.25) is 0 Å². The summed E-state index contributed by atoms with van der Waals surface area (Å²) < 4.78 is 2.00. The molecule has 0 aliphatic carbocycles. The van der Waals surface area contributed by atoms with E-state index < -0.39 is 0 Å². The highest BCUT2D eigenvalue weighted by atomic mass is 16.1. The van der Waals surface area contributed by atoms with E-state index in [1.807, 2.05) is 73.9 Å². The first-order valence-corrected chi connectivity index (χ1v) is 10.7. The van der Waals surface area contributed by atoms with Crippen LogP contribution in [0.3, 0.4) is 0 Å². The fraction of sp³-hybridized carbons (Fsp3) is 0.304. The number of tetrazole rings is 1. The van der Waals surface area contributed by atoms with Gasteiger partial charge in [-0.25, -0.2) is 0 Å². The number of benzene rings is 2. The number of nitrogens with one attached hydrogen (secondary N) is 1. The second-order valence-corrected chi connectivity index (χ2v) is 7.58. The molecule has 9 heteroatoms. The molecule has 1 N–H and O–H groups in total. The summed E-state index contributed by atoms with van der Waals surface area (Å²) in [6, 6.07) is 15.6. The van der Waals surface area contributed by atoms with Gasteiger partial charge in [0.25, 0.3) is 0 Å². The molecule has 9 nitrogen and oxygen atoms in total. The summed E-state index contributed by atoms with van der Waals surface area (Å²) in [6.07, 6.45) is 0.822. The van der Waals surface area contributed by atoms with E-state index in [4.69, 9.17) is 0 Å². The molecule has 0 aliphatic heterocycles. The fourth-order valence-corrected chi connectivity index (χ4v) is 3.50. The Morgan fingerprint density at radius 1 is 0.969 bits per heavy atom. The number of aromatic nitrogens is 7. The minimum Gasteiger partial charge on any atom is -0.326 e. The molecule has 164 valence electrons. The number of amides is 1. The van der Waals surface area contributed by atoms with E-state index in [9.17, 15) is 4.79 Å². The van der Waals surface area contributed by atoms with Crippen molar-refractivity contribution in [2.75, 3.05) is 5.32 Å². The van der Waals surface area contributed by atoms with Crippen LogP contribution in [0.5, 0.6) is 0 Å². The van der Waals surface area contributed by atoms with Crippen molar-refractivity contribution in [2.24, 2.45) is 0 Å².